The monoisotopic (exact) mass is 493 g/mol. The lowest BCUT2D eigenvalue weighted by Gasteiger charge is -2.11. The zero-order valence-corrected chi connectivity index (χ0v) is 20.2. The maximum absolute atomic E-state index is 14.9. The third-order valence-corrected chi connectivity index (χ3v) is 6.62. The Morgan fingerprint density at radius 1 is 0.474 bits per heavy atom. The van der Waals surface area contributed by atoms with Gasteiger partial charge in [0.1, 0.15) is 17.0 Å². The van der Waals surface area contributed by atoms with E-state index in [0.29, 0.717) is 28.6 Å². The minimum absolute atomic E-state index is 0.299. The van der Waals surface area contributed by atoms with Gasteiger partial charge >= 0.3 is 0 Å². The van der Waals surface area contributed by atoms with Crippen LogP contribution in [-0.2, 0) is 0 Å². The van der Waals surface area contributed by atoms with Crippen LogP contribution >= 0.6 is 0 Å². The highest BCUT2D eigenvalue weighted by atomic mass is 19.1. The zero-order valence-electron chi connectivity index (χ0n) is 20.2. The van der Waals surface area contributed by atoms with E-state index in [1.165, 1.54) is 6.07 Å². The van der Waals surface area contributed by atoms with Gasteiger partial charge in [0.15, 0.2) is 17.5 Å². The van der Waals surface area contributed by atoms with Crippen LogP contribution in [0, 0.1) is 5.82 Å². The Morgan fingerprint density at radius 3 is 1.89 bits per heavy atom. The topological polar surface area (TPSA) is 51.8 Å². The average Bonchev–Trinajstić information content (AvgIpc) is 3.37. The molecule has 7 rings (SSSR count). The second-order valence-electron chi connectivity index (χ2n) is 9.01. The summed E-state index contributed by atoms with van der Waals surface area (Å²) in [5, 5.41) is 1.94. The summed E-state index contributed by atoms with van der Waals surface area (Å²) < 4.78 is 21.0. The molecule has 0 aliphatic heterocycles. The summed E-state index contributed by atoms with van der Waals surface area (Å²) >= 11 is 0. The summed E-state index contributed by atoms with van der Waals surface area (Å²) in [7, 11) is 0. The van der Waals surface area contributed by atoms with E-state index < -0.39 is 0 Å². The Hall–Kier alpha value is -5.16. The maximum Gasteiger partial charge on any atom is 0.164 e. The summed E-state index contributed by atoms with van der Waals surface area (Å²) in [6.45, 7) is 0. The Kier molecular flexibility index (Phi) is 5.26. The molecule has 0 aliphatic rings. The normalized spacial score (nSPS) is 11.3. The van der Waals surface area contributed by atoms with Gasteiger partial charge in [0.2, 0.25) is 0 Å². The molecular formula is C33H20FN3O. The van der Waals surface area contributed by atoms with Crippen LogP contribution in [0.4, 0.5) is 4.39 Å². The van der Waals surface area contributed by atoms with Crippen molar-refractivity contribution in [1.29, 1.82) is 0 Å². The van der Waals surface area contributed by atoms with E-state index in [9.17, 15) is 4.39 Å². The van der Waals surface area contributed by atoms with E-state index in [4.69, 9.17) is 19.4 Å². The van der Waals surface area contributed by atoms with Gasteiger partial charge in [0.25, 0.3) is 0 Å². The molecule has 0 fully saturated rings. The third kappa shape index (κ3) is 3.82. The lowest BCUT2D eigenvalue weighted by Crippen LogP contribution is -2.01. The van der Waals surface area contributed by atoms with Crippen LogP contribution in [0.25, 0.3) is 67.2 Å². The molecule has 0 N–H and O–H groups in total. The first-order valence-electron chi connectivity index (χ1n) is 12.3. The first-order chi connectivity index (χ1) is 18.7. The van der Waals surface area contributed by atoms with Crippen LogP contribution in [-0.4, -0.2) is 15.0 Å². The molecule has 0 saturated carbocycles. The minimum atomic E-state index is -0.299. The number of nitrogens with zero attached hydrogens (tertiary/aromatic N) is 3. The number of para-hydroxylation sites is 1. The van der Waals surface area contributed by atoms with Crippen molar-refractivity contribution in [3.05, 3.63) is 127 Å². The summed E-state index contributed by atoms with van der Waals surface area (Å²) in [6, 6.07) is 38.1. The Balaban J connectivity index is 1.48. The average molecular weight is 494 g/mol. The molecule has 180 valence electrons. The van der Waals surface area contributed by atoms with E-state index in [1.807, 2.05) is 103 Å². The second-order valence-corrected chi connectivity index (χ2v) is 9.01. The smallest absolute Gasteiger partial charge is 0.164 e. The Morgan fingerprint density at radius 2 is 1.11 bits per heavy atom. The number of aromatic nitrogens is 3. The predicted octanol–water partition coefficient (Wildman–Crippen LogP) is 8.58. The third-order valence-electron chi connectivity index (χ3n) is 6.62. The van der Waals surface area contributed by atoms with Gasteiger partial charge < -0.3 is 4.42 Å². The number of rotatable bonds is 4. The molecule has 4 nitrogen and oxygen atoms in total. The van der Waals surface area contributed by atoms with Gasteiger partial charge in [-0.15, -0.1) is 0 Å². The van der Waals surface area contributed by atoms with Gasteiger partial charge in [-0.25, -0.2) is 19.3 Å². The number of furan rings is 1. The van der Waals surface area contributed by atoms with Crippen molar-refractivity contribution in [2.45, 2.75) is 0 Å². The molecule has 2 heterocycles. The van der Waals surface area contributed by atoms with Gasteiger partial charge in [0, 0.05) is 33.0 Å². The molecular weight excluding hydrogens is 473 g/mol. The maximum atomic E-state index is 14.9. The van der Waals surface area contributed by atoms with E-state index in [1.54, 1.807) is 12.1 Å². The van der Waals surface area contributed by atoms with Crippen molar-refractivity contribution in [1.82, 2.24) is 15.0 Å². The molecule has 5 aromatic carbocycles. The molecule has 2 aromatic heterocycles. The molecule has 0 radical (unpaired) electrons. The largest absolute Gasteiger partial charge is 0.456 e. The van der Waals surface area contributed by atoms with Gasteiger partial charge in [-0.1, -0.05) is 91.0 Å². The van der Waals surface area contributed by atoms with Crippen LogP contribution in [0.15, 0.2) is 126 Å². The lowest BCUT2D eigenvalue weighted by atomic mass is 10.0. The Labute approximate surface area is 218 Å². The highest BCUT2D eigenvalue weighted by Gasteiger charge is 2.18. The van der Waals surface area contributed by atoms with Gasteiger partial charge in [-0.3, -0.25) is 0 Å². The second kappa shape index (κ2) is 9.05. The molecule has 0 amide bonds. The summed E-state index contributed by atoms with van der Waals surface area (Å²) in [5.41, 5.74) is 5.27. The summed E-state index contributed by atoms with van der Waals surface area (Å²) in [6.07, 6.45) is 0. The van der Waals surface area contributed by atoms with Crippen molar-refractivity contribution < 1.29 is 8.81 Å². The highest BCUT2D eigenvalue weighted by Crippen LogP contribution is 2.36. The number of benzene rings is 5. The number of halogens is 1. The lowest BCUT2D eigenvalue weighted by molar-refractivity contribution is 0.631. The van der Waals surface area contributed by atoms with Gasteiger partial charge in [0.05, 0.1) is 0 Å². The van der Waals surface area contributed by atoms with Crippen LogP contribution in [0.1, 0.15) is 0 Å². The van der Waals surface area contributed by atoms with E-state index >= 15 is 0 Å². The van der Waals surface area contributed by atoms with Crippen LogP contribution in [0.2, 0.25) is 0 Å². The van der Waals surface area contributed by atoms with Gasteiger partial charge in [-0.2, -0.15) is 0 Å². The first-order valence-corrected chi connectivity index (χ1v) is 12.3. The molecule has 0 unspecified atom stereocenters. The van der Waals surface area contributed by atoms with Crippen LogP contribution in [0.5, 0.6) is 0 Å². The molecule has 7 aromatic rings. The van der Waals surface area contributed by atoms with Crippen LogP contribution in [0.3, 0.4) is 0 Å². The van der Waals surface area contributed by atoms with Crippen LogP contribution < -0.4 is 0 Å². The van der Waals surface area contributed by atoms with Crippen molar-refractivity contribution in [3.63, 3.8) is 0 Å². The van der Waals surface area contributed by atoms with Crippen molar-refractivity contribution in [2.75, 3.05) is 0 Å². The fourth-order valence-electron chi connectivity index (χ4n) is 4.81. The number of hydrogen-bond acceptors (Lipinski definition) is 4. The fraction of sp³-hybridized carbons (Fsp3) is 0. The summed E-state index contributed by atoms with van der Waals surface area (Å²) in [4.78, 5) is 14.6. The van der Waals surface area contributed by atoms with Gasteiger partial charge in [-0.05, 0) is 35.9 Å². The zero-order chi connectivity index (χ0) is 25.5. The quantitative estimate of drug-likeness (QED) is 0.246. The Bertz CT molecular complexity index is 1930. The molecule has 38 heavy (non-hydrogen) atoms. The van der Waals surface area contributed by atoms with Crippen molar-refractivity contribution in [2.24, 2.45) is 0 Å². The molecule has 0 saturated heterocycles. The molecule has 0 aliphatic carbocycles. The summed E-state index contributed by atoms with van der Waals surface area (Å²) in [5.74, 6) is 1.24. The molecule has 0 spiro atoms. The fourth-order valence-corrected chi connectivity index (χ4v) is 4.81. The standard InChI is InChI=1S/C33H20FN3O/c34-27-19-18-23(20-26(27)21-10-3-1-4-11-21)32-35-31(22-12-5-2-6-13-22)36-33(37-32)25-15-9-17-29-30(25)24-14-7-8-16-28(24)38-29/h1-20H. The molecule has 5 heteroatoms. The number of hydrogen-bond donors (Lipinski definition) is 0. The van der Waals surface area contributed by atoms with Crippen molar-refractivity contribution in [3.8, 4) is 45.3 Å². The van der Waals surface area contributed by atoms with E-state index in [0.717, 1.165) is 38.6 Å². The first kappa shape index (κ1) is 22.1. The SMILES string of the molecule is Fc1ccc(-c2nc(-c3ccccc3)nc(-c3cccc4oc5ccccc5c34)n2)cc1-c1ccccc1. The van der Waals surface area contributed by atoms with Crippen molar-refractivity contribution >= 4 is 21.9 Å². The number of fused-ring (bicyclic) bond motifs is 3. The molecule has 0 bridgehead atoms. The predicted molar refractivity (Wildman–Crippen MR) is 149 cm³/mol. The van der Waals surface area contributed by atoms with E-state index in [-0.39, 0.29) is 5.82 Å². The van der Waals surface area contributed by atoms with E-state index in [2.05, 4.69) is 0 Å². The molecule has 0 atom stereocenters. The minimum Gasteiger partial charge on any atom is -0.456 e. The highest BCUT2D eigenvalue weighted by molar-refractivity contribution is 6.11.